The Balaban J connectivity index is 1.81. The third-order valence-corrected chi connectivity index (χ3v) is 7.31. The fourth-order valence-corrected chi connectivity index (χ4v) is 5.10. The van der Waals surface area contributed by atoms with Gasteiger partial charge in [-0.25, -0.2) is 0 Å². The van der Waals surface area contributed by atoms with Crippen molar-refractivity contribution in [3.8, 4) is 5.75 Å². The van der Waals surface area contributed by atoms with Gasteiger partial charge in [0.2, 0.25) is 5.91 Å². The van der Waals surface area contributed by atoms with Crippen LogP contribution in [0.25, 0.3) is 0 Å². The maximum atomic E-state index is 13.1. The van der Waals surface area contributed by atoms with Crippen LogP contribution in [0, 0.1) is 0 Å². The van der Waals surface area contributed by atoms with E-state index in [0.29, 0.717) is 31.0 Å². The van der Waals surface area contributed by atoms with Gasteiger partial charge in [0.05, 0.1) is 24.7 Å². The minimum atomic E-state index is -0.847. The first-order valence-corrected chi connectivity index (χ1v) is 15.4. The molecule has 2 amide bonds. The van der Waals surface area contributed by atoms with Crippen LogP contribution < -0.4 is 15.4 Å². The molecule has 1 unspecified atom stereocenters. The Labute approximate surface area is 247 Å². The van der Waals surface area contributed by atoms with E-state index in [-0.39, 0.29) is 23.5 Å². The number of nitrogens with zero attached hydrogens (tertiary/aromatic N) is 1. The van der Waals surface area contributed by atoms with Crippen molar-refractivity contribution in [1.29, 1.82) is 0 Å². The molecule has 1 saturated heterocycles. The molecule has 0 saturated carbocycles. The van der Waals surface area contributed by atoms with Gasteiger partial charge < -0.3 is 19.7 Å². The van der Waals surface area contributed by atoms with Crippen molar-refractivity contribution in [2.24, 2.45) is 0 Å². The third kappa shape index (κ3) is 12.2. The molecule has 1 aromatic carbocycles. The van der Waals surface area contributed by atoms with Crippen LogP contribution in [0.15, 0.2) is 22.7 Å². The Morgan fingerprint density at radius 3 is 2.38 bits per heavy atom. The summed E-state index contributed by atoms with van der Waals surface area (Å²) in [4.78, 5) is 39.8. The molecule has 1 heterocycles. The summed E-state index contributed by atoms with van der Waals surface area (Å²) >= 11 is 8.88. The van der Waals surface area contributed by atoms with Gasteiger partial charge in [0.1, 0.15) is 11.8 Å². The lowest BCUT2D eigenvalue weighted by atomic mass is 10.1. The molecular formula is C29H44BrN3O5S. The molecule has 0 aromatic heterocycles. The topological polar surface area (TPSA) is 97.0 Å². The first-order chi connectivity index (χ1) is 18.7. The summed E-state index contributed by atoms with van der Waals surface area (Å²) in [7, 11) is 0. The van der Waals surface area contributed by atoms with E-state index < -0.39 is 17.9 Å². The van der Waals surface area contributed by atoms with Gasteiger partial charge in [-0.2, -0.15) is 0 Å². The Kier molecular flexibility index (Phi) is 15.4. The van der Waals surface area contributed by atoms with E-state index in [1.807, 2.05) is 13.8 Å². The first kappa shape index (κ1) is 33.0. The summed E-state index contributed by atoms with van der Waals surface area (Å²) in [5.74, 6) is -0.797. The molecule has 1 aromatic rings. The molecule has 1 fully saturated rings. The zero-order valence-corrected chi connectivity index (χ0v) is 26.0. The van der Waals surface area contributed by atoms with Gasteiger partial charge in [-0.15, -0.1) is 0 Å². The number of rotatable bonds is 16. The Morgan fingerprint density at radius 2 is 1.74 bits per heavy atom. The minimum absolute atomic E-state index is 0.0813. The summed E-state index contributed by atoms with van der Waals surface area (Å²) in [5.41, 5.74) is 0.314. The number of nitrogens with one attached hydrogen (secondary N) is 2. The van der Waals surface area contributed by atoms with Gasteiger partial charge in [0.15, 0.2) is 5.11 Å². The minimum Gasteiger partial charge on any atom is -0.490 e. The van der Waals surface area contributed by atoms with E-state index >= 15 is 0 Å². The fourth-order valence-electron chi connectivity index (χ4n) is 4.43. The number of ether oxygens (including phenoxy) is 2. The number of esters is 1. The van der Waals surface area contributed by atoms with Crippen LogP contribution in [0.1, 0.15) is 102 Å². The molecular weight excluding hydrogens is 582 g/mol. The molecule has 218 valence electrons. The van der Waals surface area contributed by atoms with Crippen molar-refractivity contribution in [1.82, 2.24) is 15.5 Å². The van der Waals surface area contributed by atoms with Crippen LogP contribution in [-0.2, 0) is 14.3 Å². The average Bonchev–Trinajstić information content (AvgIpc) is 2.89. The molecule has 10 heteroatoms. The third-order valence-electron chi connectivity index (χ3n) is 6.48. The average molecular weight is 627 g/mol. The molecule has 1 atom stereocenters. The number of amides is 2. The van der Waals surface area contributed by atoms with Gasteiger partial charge >= 0.3 is 5.97 Å². The molecule has 39 heavy (non-hydrogen) atoms. The quantitative estimate of drug-likeness (QED) is 0.134. The van der Waals surface area contributed by atoms with Gasteiger partial charge in [-0.1, -0.05) is 80.6 Å². The number of benzene rings is 1. The van der Waals surface area contributed by atoms with Crippen molar-refractivity contribution in [2.45, 2.75) is 104 Å². The lowest BCUT2D eigenvalue weighted by Crippen LogP contribution is -2.60. The Morgan fingerprint density at radius 1 is 1.10 bits per heavy atom. The molecule has 1 aliphatic heterocycles. The normalized spacial score (nSPS) is 15.2. The van der Waals surface area contributed by atoms with Crippen molar-refractivity contribution in [3.05, 3.63) is 28.2 Å². The van der Waals surface area contributed by atoms with Crippen LogP contribution in [0.5, 0.6) is 5.75 Å². The van der Waals surface area contributed by atoms with E-state index in [2.05, 4.69) is 33.5 Å². The SMILES string of the molecule is CCCCCCCCCCCCOC(=O)CC1C(=O)NCCN1C(=S)NC(=O)c1cc(Br)ccc1OC(C)C. The Bertz CT molecular complexity index is 959. The molecule has 0 aliphatic carbocycles. The maximum absolute atomic E-state index is 13.1. The molecule has 8 nitrogen and oxygen atoms in total. The maximum Gasteiger partial charge on any atom is 0.308 e. The van der Waals surface area contributed by atoms with E-state index in [9.17, 15) is 14.4 Å². The fraction of sp³-hybridized carbons (Fsp3) is 0.655. The van der Waals surface area contributed by atoms with Crippen LogP contribution in [0.3, 0.4) is 0 Å². The monoisotopic (exact) mass is 625 g/mol. The highest BCUT2D eigenvalue weighted by Crippen LogP contribution is 2.24. The highest BCUT2D eigenvalue weighted by atomic mass is 79.9. The van der Waals surface area contributed by atoms with Crippen molar-refractivity contribution >= 4 is 51.0 Å². The van der Waals surface area contributed by atoms with Crippen molar-refractivity contribution in [2.75, 3.05) is 19.7 Å². The highest BCUT2D eigenvalue weighted by Gasteiger charge is 2.34. The predicted molar refractivity (Wildman–Crippen MR) is 161 cm³/mol. The number of hydrogen-bond acceptors (Lipinski definition) is 6. The van der Waals surface area contributed by atoms with Crippen LogP contribution >= 0.6 is 28.1 Å². The van der Waals surface area contributed by atoms with Crippen LogP contribution in [0.4, 0.5) is 0 Å². The summed E-state index contributed by atoms with van der Waals surface area (Å²) in [6, 6.07) is 4.31. The second kappa shape index (κ2) is 18.2. The highest BCUT2D eigenvalue weighted by molar-refractivity contribution is 9.10. The summed E-state index contributed by atoms with van der Waals surface area (Å²) < 4.78 is 11.9. The summed E-state index contributed by atoms with van der Waals surface area (Å²) in [6.07, 6.45) is 11.7. The summed E-state index contributed by atoms with van der Waals surface area (Å²) in [6.45, 7) is 7.05. The van der Waals surface area contributed by atoms with E-state index in [1.54, 1.807) is 23.1 Å². The number of halogens is 1. The number of unbranched alkanes of at least 4 members (excludes halogenated alkanes) is 9. The summed E-state index contributed by atoms with van der Waals surface area (Å²) in [5, 5.41) is 5.56. The van der Waals surface area contributed by atoms with E-state index in [0.717, 1.165) is 23.7 Å². The lowest BCUT2D eigenvalue weighted by molar-refractivity contribution is -0.147. The number of hydrogen-bond donors (Lipinski definition) is 2. The van der Waals surface area contributed by atoms with Gasteiger partial charge in [0.25, 0.3) is 5.91 Å². The second-order valence-corrected chi connectivity index (χ2v) is 11.5. The van der Waals surface area contributed by atoms with Gasteiger partial charge in [-0.05, 0) is 50.7 Å². The molecule has 2 rings (SSSR count). The standard InChI is InChI=1S/C29H44BrN3O5S/c1-4-5-6-7-8-9-10-11-12-13-18-37-26(34)20-24-28(36)31-16-17-33(24)29(39)32-27(35)23-19-22(30)14-15-25(23)38-21(2)3/h14-15,19,21,24H,4-13,16-18,20H2,1-3H3,(H,31,36)(H,32,35,39). The Hall–Kier alpha value is -2.20. The zero-order valence-electron chi connectivity index (χ0n) is 23.6. The molecule has 1 aliphatic rings. The van der Waals surface area contributed by atoms with Crippen molar-refractivity contribution < 1.29 is 23.9 Å². The largest absolute Gasteiger partial charge is 0.490 e. The van der Waals surface area contributed by atoms with Gasteiger partial charge in [-0.3, -0.25) is 19.7 Å². The van der Waals surface area contributed by atoms with Crippen LogP contribution in [0.2, 0.25) is 0 Å². The van der Waals surface area contributed by atoms with Crippen molar-refractivity contribution in [3.63, 3.8) is 0 Å². The second-order valence-electron chi connectivity index (χ2n) is 10.2. The number of thiocarbonyl (C=S) groups is 1. The molecule has 0 spiro atoms. The van der Waals surface area contributed by atoms with Gasteiger partial charge in [0, 0.05) is 17.6 Å². The van der Waals surface area contributed by atoms with Crippen LogP contribution in [-0.4, -0.2) is 59.6 Å². The van der Waals surface area contributed by atoms with E-state index in [1.165, 1.54) is 44.9 Å². The molecule has 0 bridgehead atoms. The lowest BCUT2D eigenvalue weighted by Gasteiger charge is -2.36. The number of carbonyl (C=O) groups is 3. The smallest absolute Gasteiger partial charge is 0.308 e. The number of carbonyl (C=O) groups excluding carboxylic acids is 3. The molecule has 2 N–H and O–H groups in total. The first-order valence-electron chi connectivity index (χ1n) is 14.2. The molecule has 0 radical (unpaired) electrons. The number of piperazine rings is 1. The predicted octanol–water partition coefficient (Wildman–Crippen LogP) is 5.91. The van der Waals surface area contributed by atoms with E-state index in [4.69, 9.17) is 21.7 Å². The zero-order chi connectivity index (χ0) is 28.6.